The van der Waals surface area contributed by atoms with Crippen LogP contribution < -0.4 is 9.47 Å². The van der Waals surface area contributed by atoms with Gasteiger partial charge in [0.15, 0.2) is 11.5 Å². The summed E-state index contributed by atoms with van der Waals surface area (Å²) in [6, 6.07) is 4.22. The van der Waals surface area contributed by atoms with Crippen LogP contribution in [0.3, 0.4) is 0 Å². The Hall–Kier alpha value is -2.05. The molecular formula is C18H19NO5. The molecule has 6 heteroatoms. The van der Waals surface area contributed by atoms with E-state index in [4.69, 9.17) is 14.2 Å². The van der Waals surface area contributed by atoms with Crippen LogP contribution in [-0.2, 0) is 16.1 Å². The number of rotatable bonds is 1. The van der Waals surface area contributed by atoms with Gasteiger partial charge in [-0.1, -0.05) is 11.6 Å². The Morgan fingerprint density at radius 2 is 2.12 bits per heavy atom. The summed E-state index contributed by atoms with van der Waals surface area (Å²) >= 11 is 0. The van der Waals surface area contributed by atoms with Gasteiger partial charge >= 0.3 is 5.97 Å². The predicted molar refractivity (Wildman–Crippen MR) is 83.8 cm³/mol. The zero-order valence-electron chi connectivity index (χ0n) is 13.4. The molecule has 1 saturated heterocycles. The summed E-state index contributed by atoms with van der Waals surface area (Å²) in [5, 5.41) is 10.6. The summed E-state index contributed by atoms with van der Waals surface area (Å²) in [4.78, 5) is 14.0. The van der Waals surface area contributed by atoms with Gasteiger partial charge in [-0.2, -0.15) is 0 Å². The summed E-state index contributed by atoms with van der Waals surface area (Å²) < 4.78 is 16.6. The number of aliphatic hydroxyl groups excluding tert-OH is 1. The molecule has 0 bridgehead atoms. The zero-order chi connectivity index (χ0) is 16.4. The Balaban J connectivity index is 1.66. The number of carbonyl (C=O) groups is 1. The van der Waals surface area contributed by atoms with E-state index >= 15 is 0 Å². The summed E-state index contributed by atoms with van der Waals surface area (Å²) in [5.41, 5.74) is 3.51. The van der Waals surface area contributed by atoms with E-state index in [0.717, 1.165) is 42.1 Å². The molecule has 1 N–H and O–H groups in total. The maximum atomic E-state index is 11.6. The summed E-state index contributed by atoms with van der Waals surface area (Å²) in [7, 11) is 0. The van der Waals surface area contributed by atoms with Crippen LogP contribution in [-0.4, -0.2) is 47.6 Å². The molecule has 0 spiro atoms. The van der Waals surface area contributed by atoms with Crippen LogP contribution in [0.1, 0.15) is 30.4 Å². The molecule has 3 aliphatic heterocycles. The Kier molecular flexibility index (Phi) is 2.96. The Morgan fingerprint density at radius 3 is 2.92 bits per heavy atom. The number of ether oxygens (including phenoxy) is 3. The zero-order valence-corrected chi connectivity index (χ0v) is 13.4. The molecule has 1 aromatic rings. The van der Waals surface area contributed by atoms with Gasteiger partial charge in [0.25, 0.3) is 0 Å². The lowest BCUT2D eigenvalue weighted by molar-refractivity contribution is -0.154. The number of hydrogen-bond acceptors (Lipinski definition) is 6. The fourth-order valence-electron chi connectivity index (χ4n) is 4.67. The fourth-order valence-corrected chi connectivity index (χ4v) is 4.67. The van der Waals surface area contributed by atoms with E-state index in [1.807, 2.05) is 18.2 Å². The van der Waals surface area contributed by atoms with Gasteiger partial charge < -0.3 is 19.3 Å². The van der Waals surface area contributed by atoms with Crippen LogP contribution in [0.15, 0.2) is 23.8 Å². The highest BCUT2D eigenvalue weighted by Crippen LogP contribution is 2.50. The van der Waals surface area contributed by atoms with Gasteiger partial charge in [0.05, 0.1) is 0 Å². The lowest BCUT2D eigenvalue weighted by Crippen LogP contribution is -2.51. The minimum Gasteiger partial charge on any atom is -0.459 e. The van der Waals surface area contributed by atoms with Gasteiger partial charge in [0, 0.05) is 32.0 Å². The molecule has 5 rings (SSSR count). The number of esters is 1. The normalized spacial score (nSPS) is 32.8. The van der Waals surface area contributed by atoms with Crippen LogP contribution in [0.2, 0.25) is 0 Å². The molecule has 0 amide bonds. The van der Waals surface area contributed by atoms with Crippen molar-refractivity contribution in [3.8, 4) is 11.5 Å². The van der Waals surface area contributed by atoms with E-state index in [-0.39, 0.29) is 24.7 Å². The molecule has 1 aliphatic carbocycles. The molecule has 1 aromatic carbocycles. The average Bonchev–Trinajstić information content (AvgIpc) is 3.15. The first-order valence-electron chi connectivity index (χ1n) is 8.34. The average molecular weight is 329 g/mol. The third-order valence-corrected chi connectivity index (χ3v) is 5.55. The number of fused-ring (bicyclic) bond motifs is 3. The van der Waals surface area contributed by atoms with Crippen LogP contribution in [0, 0.1) is 0 Å². The second-order valence-corrected chi connectivity index (χ2v) is 6.90. The molecule has 1 fully saturated rings. The first kappa shape index (κ1) is 14.3. The molecular weight excluding hydrogens is 310 g/mol. The maximum Gasteiger partial charge on any atom is 0.303 e. The molecule has 126 valence electrons. The van der Waals surface area contributed by atoms with E-state index in [2.05, 4.69) is 4.90 Å². The molecule has 2 unspecified atom stereocenters. The van der Waals surface area contributed by atoms with Crippen molar-refractivity contribution in [1.82, 2.24) is 4.90 Å². The SMILES string of the molecule is CC(=O)OC1[C@H]2c3cc4c(cc3CN3CCC(=C[C@@H]1O)C23)OCO4. The summed E-state index contributed by atoms with van der Waals surface area (Å²) in [6.07, 6.45) is 1.48. The Morgan fingerprint density at radius 1 is 1.33 bits per heavy atom. The third-order valence-electron chi connectivity index (χ3n) is 5.55. The van der Waals surface area contributed by atoms with Gasteiger partial charge in [-0.25, -0.2) is 0 Å². The van der Waals surface area contributed by atoms with Crippen molar-refractivity contribution in [3.63, 3.8) is 0 Å². The van der Waals surface area contributed by atoms with Crippen LogP contribution in [0.4, 0.5) is 0 Å². The molecule has 0 radical (unpaired) electrons. The standard InChI is InChI=1S/C18H19NO5/c1-9(20)24-18-13(21)4-10-2-3-19-7-11-5-14-15(23-8-22-14)6-12(11)16(18)17(10)19/h4-6,13,16-18,21H,2-3,7-8H2,1H3/t13-,16-,17?,18?/m0/s1. The fraction of sp³-hybridized carbons (Fsp3) is 0.500. The molecule has 24 heavy (non-hydrogen) atoms. The van der Waals surface area contributed by atoms with Crippen molar-refractivity contribution in [1.29, 1.82) is 0 Å². The Labute approximate surface area is 139 Å². The van der Waals surface area contributed by atoms with Crippen molar-refractivity contribution in [2.75, 3.05) is 13.3 Å². The quantitative estimate of drug-likeness (QED) is 0.619. The molecule has 0 aromatic heterocycles. The van der Waals surface area contributed by atoms with E-state index in [0.29, 0.717) is 0 Å². The highest BCUT2D eigenvalue weighted by molar-refractivity contribution is 5.66. The second kappa shape index (κ2) is 4.97. The number of hydrogen-bond donors (Lipinski definition) is 1. The molecule has 4 aliphatic rings. The van der Waals surface area contributed by atoms with E-state index in [9.17, 15) is 9.90 Å². The van der Waals surface area contributed by atoms with Crippen molar-refractivity contribution in [2.24, 2.45) is 0 Å². The smallest absolute Gasteiger partial charge is 0.303 e. The highest BCUT2D eigenvalue weighted by Gasteiger charge is 2.50. The van der Waals surface area contributed by atoms with Crippen molar-refractivity contribution in [2.45, 2.75) is 44.1 Å². The predicted octanol–water partition coefficient (Wildman–Crippen LogP) is 1.32. The van der Waals surface area contributed by atoms with Gasteiger partial charge in [-0.05, 0) is 29.7 Å². The Bertz CT molecular complexity index is 758. The number of benzene rings is 1. The van der Waals surface area contributed by atoms with Gasteiger partial charge in [-0.3, -0.25) is 9.69 Å². The number of aliphatic hydroxyl groups is 1. The topological polar surface area (TPSA) is 68.2 Å². The monoisotopic (exact) mass is 329 g/mol. The highest BCUT2D eigenvalue weighted by atomic mass is 16.7. The van der Waals surface area contributed by atoms with Crippen molar-refractivity contribution < 1.29 is 24.1 Å². The summed E-state index contributed by atoms with van der Waals surface area (Å²) in [6.45, 7) is 3.42. The van der Waals surface area contributed by atoms with Crippen molar-refractivity contribution >= 4 is 5.97 Å². The lowest BCUT2D eigenvalue weighted by atomic mass is 9.73. The second-order valence-electron chi connectivity index (χ2n) is 6.90. The molecule has 4 atom stereocenters. The molecule has 3 heterocycles. The van der Waals surface area contributed by atoms with Crippen molar-refractivity contribution in [3.05, 3.63) is 34.9 Å². The number of nitrogens with zero attached hydrogens (tertiary/aromatic N) is 1. The van der Waals surface area contributed by atoms with Gasteiger partial charge in [0.2, 0.25) is 6.79 Å². The molecule has 0 saturated carbocycles. The maximum absolute atomic E-state index is 11.6. The first-order valence-corrected chi connectivity index (χ1v) is 8.34. The summed E-state index contributed by atoms with van der Waals surface area (Å²) in [5.74, 6) is 1.05. The largest absolute Gasteiger partial charge is 0.459 e. The van der Waals surface area contributed by atoms with Crippen LogP contribution in [0.25, 0.3) is 0 Å². The molecule has 6 nitrogen and oxygen atoms in total. The van der Waals surface area contributed by atoms with Crippen LogP contribution >= 0.6 is 0 Å². The van der Waals surface area contributed by atoms with Gasteiger partial charge in [0.1, 0.15) is 12.2 Å². The van der Waals surface area contributed by atoms with E-state index < -0.39 is 12.2 Å². The van der Waals surface area contributed by atoms with E-state index in [1.165, 1.54) is 12.5 Å². The minimum absolute atomic E-state index is 0.0790. The number of carbonyl (C=O) groups excluding carboxylic acids is 1. The van der Waals surface area contributed by atoms with Crippen LogP contribution in [0.5, 0.6) is 11.5 Å². The van der Waals surface area contributed by atoms with E-state index in [1.54, 1.807) is 0 Å². The first-order chi connectivity index (χ1) is 11.6. The van der Waals surface area contributed by atoms with Gasteiger partial charge in [-0.15, -0.1) is 0 Å². The lowest BCUT2D eigenvalue weighted by Gasteiger charge is -2.45. The minimum atomic E-state index is -0.776. The third kappa shape index (κ3) is 1.93.